The molecule has 17 heavy (non-hydrogen) atoms. The van der Waals surface area contributed by atoms with Crippen LogP contribution in [0, 0.1) is 0 Å². The minimum absolute atomic E-state index is 0.346. The Balaban J connectivity index is 1.81. The summed E-state index contributed by atoms with van der Waals surface area (Å²) in [5.41, 5.74) is 1.26. The Kier molecular flexibility index (Phi) is 3.88. The Morgan fingerprint density at radius 2 is 2.06 bits per heavy atom. The van der Waals surface area contributed by atoms with Crippen molar-refractivity contribution in [1.82, 2.24) is 19.9 Å². The molecule has 4 heteroatoms. The second-order valence-electron chi connectivity index (χ2n) is 4.16. The quantitative estimate of drug-likeness (QED) is 0.850. The number of aryl methyl sites for hydroxylation is 1. The molecule has 0 aromatic carbocycles. The monoisotopic (exact) mass is 230 g/mol. The number of rotatable bonds is 5. The van der Waals surface area contributed by atoms with Crippen LogP contribution in [0.1, 0.15) is 24.4 Å². The van der Waals surface area contributed by atoms with Crippen LogP contribution in [-0.2, 0) is 13.5 Å². The molecule has 0 fully saturated rings. The Morgan fingerprint density at radius 1 is 1.29 bits per heavy atom. The molecule has 0 aliphatic carbocycles. The van der Waals surface area contributed by atoms with Gasteiger partial charge in [0, 0.05) is 50.8 Å². The van der Waals surface area contributed by atoms with Crippen molar-refractivity contribution in [2.75, 3.05) is 6.54 Å². The molecular weight excluding hydrogens is 212 g/mol. The molecule has 90 valence electrons. The van der Waals surface area contributed by atoms with Gasteiger partial charge in [0.05, 0.1) is 0 Å². The van der Waals surface area contributed by atoms with Crippen LogP contribution in [0.25, 0.3) is 0 Å². The van der Waals surface area contributed by atoms with E-state index in [2.05, 4.69) is 26.8 Å². The zero-order chi connectivity index (χ0) is 12.1. The van der Waals surface area contributed by atoms with Crippen LogP contribution in [0.15, 0.2) is 36.9 Å². The van der Waals surface area contributed by atoms with Gasteiger partial charge in [-0.25, -0.2) is 4.98 Å². The molecule has 1 N–H and O–H groups in total. The summed E-state index contributed by atoms with van der Waals surface area (Å²) in [6, 6.07) is 4.43. The van der Waals surface area contributed by atoms with Gasteiger partial charge in [-0.15, -0.1) is 0 Å². The third-order valence-corrected chi connectivity index (χ3v) is 2.93. The van der Waals surface area contributed by atoms with E-state index in [9.17, 15) is 0 Å². The van der Waals surface area contributed by atoms with Gasteiger partial charge >= 0.3 is 0 Å². The number of nitrogens with zero attached hydrogens (tertiary/aromatic N) is 3. The van der Waals surface area contributed by atoms with Crippen molar-refractivity contribution in [1.29, 1.82) is 0 Å². The molecule has 2 aromatic heterocycles. The summed E-state index contributed by atoms with van der Waals surface area (Å²) in [4.78, 5) is 8.32. The molecular formula is C13H18N4. The summed E-state index contributed by atoms with van der Waals surface area (Å²) >= 11 is 0. The highest BCUT2D eigenvalue weighted by atomic mass is 15.0. The fraction of sp³-hybridized carbons (Fsp3) is 0.385. The number of nitrogens with one attached hydrogen (secondary N) is 1. The molecule has 4 nitrogen and oxygen atoms in total. The van der Waals surface area contributed by atoms with Crippen molar-refractivity contribution >= 4 is 0 Å². The Hall–Kier alpha value is -1.68. The van der Waals surface area contributed by atoms with E-state index in [0.717, 1.165) is 18.8 Å². The summed E-state index contributed by atoms with van der Waals surface area (Å²) in [7, 11) is 2.02. The summed E-state index contributed by atoms with van der Waals surface area (Å²) in [5.74, 6) is 1.11. The molecule has 0 aliphatic rings. The largest absolute Gasteiger partial charge is 0.338 e. The van der Waals surface area contributed by atoms with Crippen molar-refractivity contribution in [3.63, 3.8) is 0 Å². The molecule has 1 unspecified atom stereocenters. The highest BCUT2D eigenvalue weighted by molar-refractivity contribution is 5.13. The molecule has 0 bridgehead atoms. The maximum Gasteiger partial charge on any atom is 0.109 e. The average molecular weight is 230 g/mol. The molecule has 1 atom stereocenters. The summed E-state index contributed by atoms with van der Waals surface area (Å²) < 4.78 is 2.05. The molecule has 0 radical (unpaired) electrons. The lowest BCUT2D eigenvalue weighted by atomic mass is 10.1. The SMILES string of the molecule is CC(NCCc1nccn1C)c1ccncc1. The van der Waals surface area contributed by atoms with Crippen LogP contribution in [0.2, 0.25) is 0 Å². The van der Waals surface area contributed by atoms with Crippen molar-refractivity contribution in [2.45, 2.75) is 19.4 Å². The van der Waals surface area contributed by atoms with E-state index in [1.54, 1.807) is 0 Å². The lowest BCUT2D eigenvalue weighted by molar-refractivity contribution is 0.564. The number of imidazole rings is 1. The van der Waals surface area contributed by atoms with E-state index in [4.69, 9.17) is 0 Å². The zero-order valence-electron chi connectivity index (χ0n) is 10.3. The maximum absolute atomic E-state index is 4.30. The second-order valence-corrected chi connectivity index (χ2v) is 4.16. The first kappa shape index (κ1) is 11.8. The van der Waals surface area contributed by atoms with Crippen LogP contribution in [0.4, 0.5) is 0 Å². The number of pyridine rings is 1. The average Bonchev–Trinajstić information content (AvgIpc) is 2.76. The molecule has 2 heterocycles. The molecule has 0 amide bonds. The smallest absolute Gasteiger partial charge is 0.109 e. The second kappa shape index (κ2) is 5.59. The molecule has 0 spiro atoms. The van der Waals surface area contributed by atoms with E-state index in [1.807, 2.05) is 44.0 Å². The molecule has 2 rings (SSSR count). The minimum atomic E-state index is 0.346. The van der Waals surface area contributed by atoms with Crippen molar-refractivity contribution in [3.8, 4) is 0 Å². The van der Waals surface area contributed by atoms with Crippen molar-refractivity contribution < 1.29 is 0 Å². The van der Waals surface area contributed by atoms with Gasteiger partial charge in [-0.2, -0.15) is 0 Å². The van der Waals surface area contributed by atoms with Crippen LogP contribution >= 0.6 is 0 Å². The maximum atomic E-state index is 4.30. The molecule has 2 aromatic rings. The topological polar surface area (TPSA) is 42.7 Å². The van der Waals surface area contributed by atoms with Gasteiger partial charge < -0.3 is 9.88 Å². The van der Waals surface area contributed by atoms with Crippen LogP contribution in [-0.4, -0.2) is 21.1 Å². The summed E-state index contributed by atoms with van der Waals surface area (Å²) in [6.45, 7) is 3.09. The lowest BCUT2D eigenvalue weighted by Gasteiger charge is -2.13. The van der Waals surface area contributed by atoms with Gasteiger partial charge in [0.25, 0.3) is 0 Å². The van der Waals surface area contributed by atoms with E-state index in [-0.39, 0.29) is 0 Å². The molecule has 0 saturated heterocycles. The first-order valence-electron chi connectivity index (χ1n) is 5.87. The van der Waals surface area contributed by atoms with Gasteiger partial charge in [0.15, 0.2) is 0 Å². The van der Waals surface area contributed by atoms with Gasteiger partial charge in [0.1, 0.15) is 5.82 Å². The predicted molar refractivity (Wildman–Crippen MR) is 67.6 cm³/mol. The van der Waals surface area contributed by atoms with Crippen molar-refractivity contribution in [3.05, 3.63) is 48.3 Å². The summed E-state index contributed by atoms with van der Waals surface area (Å²) in [5, 5.41) is 3.48. The number of aromatic nitrogens is 3. The molecule has 0 saturated carbocycles. The van der Waals surface area contributed by atoms with E-state index >= 15 is 0 Å². The zero-order valence-corrected chi connectivity index (χ0v) is 10.3. The number of hydrogen-bond acceptors (Lipinski definition) is 3. The highest BCUT2D eigenvalue weighted by Crippen LogP contribution is 2.09. The minimum Gasteiger partial charge on any atom is -0.338 e. The fourth-order valence-electron chi connectivity index (χ4n) is 1.81. The summed E-state index contributed by atoms with van der Waals surface area (Å²) in [6.07, 6.45) is 8.40. The lowest BCUT2D eigenvalue weighted by Crippen LogP contribution is -2.22. The van der Waals surface area contributed by atoms with Crippen LogP contribution in [0.3, 0.4) is 0 Å². The van der Waals surface area contributed by atoms with Crippen LogP contribution < -0.4 is 5.32 Å². The van der Waals surface area contributed by atoms with Gasteiger partial charge in [-0.1, -0.05) is 0 Å². The Bertz CT molecular complexity index is 449. The van der Waals surface area contributed by atoms with Gasteiger partial charge in [-0.3, -0.25) is 4.98 Å². The molecule has 0 aliphatic heterocycles. The van der Waals surface area contributed by atoms with Gasteiger partial charge in [-0.05, 0) is 24.6 Å². The number of hydrogen-bond donors (Lipinski definition) is 1. The normalized spacial score (nSPS) is 12.6. The standard InChI is InChI=1S/C13H18N4/c1-11(12-3-6-14-7-4-12)15-8-5-13-16-9-10-17(13)2/h3-4,6-7,9-11,15H,5,8H2,1-2H3. The first-order valence-corrected chi connectivity index (χ1v) is 5.87. The Morgan fingerprint density at radius 3 is 2.71 bits per heavy atom. The van der Waals surface area contributed by atoms with E-state index in [1.165, 1.54) is 5.56 Å². The first-order chi connectivity index (χ1) is 8.27. The van der Waals surface area contributed by atoms with Crippen molar-refractivity contribution in [2.24, 2.45) is 7.05 Å². The Labute approximate surface area is 102 Å². The predicted octanol–water partition coefficient (Wildman–Crippen LogP) is 1.71. The van der Waals surface area contributed by atoms with E-state index in [0.29, 0.717) is 6.04 Å². The third-order valence-electron chi connectivity index (χ3n) is 2.93. The third kappa shape index (κ3) is 3.14. The van der Waals surface area contributed by atoms with E-state index < -0.39 is 0 Å². The highest BCUT2D eigenvalue weighted by Gasteiger charge is 2.04. The fourth-order valence-corrected chi connectivity index (χ4v) is 1.81. The van der Waals surface area contributed by atoms with Crippen LogP contribution in [0.5, 0.6) is 0 Å². The van der Waals surface area contributed by atoms with Gasteiger partial charge in [0.2, 0.25) is 0 Å².